The summed E-state index contributed by atoms with van der Waals surface area (Å²) in [6.45, 7) is 35.0. The molecule has 4 aromatic carbocycles. The molecule has 11 rings (SSSR count). The zero-order chi connectivity index (χ0) is 58.5. The van der Waals surface area contributed by atoms with E-state index in [0.717, 1.165) is 43.8 Å². The number of ether oxygens (including phenoxy) is 4. The maximum Gasteiger partial charge on any atom is 0.130 e. The molecule has 9 aromatic rings. The van der Waals surface area contributed by atoms with Crippen molar-refractivity contribution in [1.29, 1.82) is 0 Å². The Bertz CT molecular complexity index is 3660. The second-order valence-corrected chi connectivity index (χ2v) is 23.9. The molecular weight excluding hydrogens is 1080 g/mol. The van der Waals surface area contributed by atoms with Crippen LogP contribution in [0.25, 0.3) is 89.7 Å². The third-order valence-electron chi connectivity index (χ3n) is 14.7. The number of imidazole rings is 2. The van der Waals surface area contributed by atoms with Crippen molar-refractivity contribution in [2.45, 2.75) is 135 Å². The van der Waals surface area contributed by atoms with Gasteiger partial charge in [0.25, 0.3) is 0 Å². The van der Waals surface area contributed by atoms with Crippen LogP contribution in [0.3, 0.4) is 0 Å². The number of benzene rings is 4. The summed E-state index contributed by atoms with van der Waals surface area (Å²) in [6, 6.07) is 24.0. The van der Waals surface area contributed by atoms with E-state index in [0.29, 0.717) is 68.9 Å². The Morgan fingerprint density at radius 3 is 0.952 bits per heavy atom. The molecule has 0 fully saturated rings. The molecule has 0 unspecified atom stereocenters. The van der Waals surface area contributed by atoms with Gasteiger partial charge in [-0.05, 0) is 82.4 Å². The van der Waals surface area contributed by atoms with Crippen LogP contribution in [0.2, 0.25) is 0 Å². The number of hydrogen-bond donors (Lipinski definition) is 0. The Morgan fingerprint density at radius 2 is 0.639 bits per heavy atom. The minimum absolute atomic E-state index is 0. The molecule has 439 valence electrons. The average Bonchev–Trinajstić information content (AvgIpc) is 2.30. The van der Waals surface area contributed by atoms with E-state index in [1.54, 1.807) is 24.8 Å². The second-order valence-electron chi connectivity index (χ2n) is 23.9. The summed E-state index contributed by atoms with van der Waals surface area (Å²) in [5.74, 6) is 6.25. The van der Waals surface area contributed by atoms with E-state index in [-0.39, 0.29) is 88.5 Å². The van der Waals surface area contributed by atoms with E-state index in [1.165, 1.54) is 12.7 Å². The fraction of sp³-hybridized carbons (Fsp3) is 0.424. The quantitative estimate of drug-likeness (QED) is 0.0885. The molecule has 17 heteroatoms. The summed E-state index contributed by atoms with van der Waals surface area (Å²) in [5, 5.41) is 2.98. The molecule has 5 aromatic heterocycles. The first-order valence-electron chi connectivity index (χ1n) is 28.9. The summed E-state index contributed by atoms with van der Waals surface area (Å²) < 4.78 is 28.0. The summed E-state index contributed by atoms with van der Waals surface area (Å²) in [7, 11) is 0. The number of nitrogens with zero attached hydrogens (tertiary/aromatic N) is 12. The Morgan fingerprint density at radius 1 is 0.337 bits per heavy atom. The van der Waals surface area contributed by atoms with Crippen LogP contribution in [0.1, 0.15) is 111 Å². The van der Waals surface area contributed by atoms with E-state index in [4.69, 9.17) is 58.8 Å². The Hall–Kier alpha value is -7.63. The van der Waals surface area contributed by atoms with Gasteiger partial charge in [-0.2, -0.15) is 0 Å². The van der Waals surface area contributed by atoms with Crippen LogP contribution in [0.15, 0.2) is 110 Å². The first-order valence-corrected chi connectivity index (χ1v) is 28.9. The molecule has 0 saturated heterocycles. The number of aromatic nitrogens is 12. The van der Waals surface area contributed by atoms with Gasteiger partial charge in [0.2, 0.25) is 0 Å². The maximum atomic E-state index is 7.00. The molecule has 0 N–H and O–H groups in total. The van der Waals surface area contributed by atoms with Crippen molar-refractivity contribution in [2.75, 3.05) is 0 Å². The standard InChI is InChI=1S/C60H72N8O4.2C3H3N2.Co/c1-29(2)49(30(3)4)69-41-25-17-21-37-45(41)57-62-53(37)61-54-38-22-18-27-43(71-51(33(9)10)34(11)12)47(38)59(63-54)68-60-48-40(24-20-28-44(48)72-52(35(13)14)36(15)16)56(67-60)66-58-46-39(55(64-57)65-58)23-19-26-42(46)70-50(31(5)6)32(7)8;2*1-2-5-3-4-1;/h17-36,49-52H,1-16H3;2*1-3H;/q-2;2*-1;. The van der Waals surface area contributed by atoms with Crippen LogP contribution in [0, 0.1) is 47.3 Å². The fourth-order valence-electron chi connectivity index (χ4n) is 11.3. The largest absolute Gasteiger partial charge is 0.489 e. The van der Waals surface area contributed by atoms with Gasteiger partial charge in [0.05, 0.1) is 34.4 Å². The van der Waals surface area contributed by atoms with Crippen molar-refractivity contribution in [1.82, 2.24) is 59.8 Å². The van der Waals surface area contributed by atoms with Gasteiger partial charge in [0.1, 0.15) is 47.4 Å². The molecule has 16 nitrogen and oxygen atoms in total. The smallest absolute Gasteiger partial charge is 0.130 e. The van der Waals surface area contributed by atoms with Gasteiger partial charge < -0.3 is 68.8 Å². The third kappa shape index (κ3) is 13.4. The van der Waals surface area contributed by atoms with Crippen molar-refractivity contribution in [2.24, 2.45) is 47.3 Å². The molecule has 2 aliphatic rings. The predicted octanol–water partition coefficient (Wildman–Crippen LogP) is 14.4. The van der Waals surface area contributed by atoms with E-state index in [9.17, 15) is 0 Å². The second kappa shape index (κ2) is 26.7. The average molecular weight is 1160 g/mol. The summed E-state index contributed by atoms with van der Waals surface area (Å²) in [5.41, 5.74) is 4.68. The molecule has 83 heavy (non-hydrogen) atoms. The number of fused-ring (bicyclic) bond motifs is 20. The van der Waals surface area contributed by atoms with Gasteiger partial charge in [0, 0.05) is 61.3 Å². The minimum atomic E-state index is -0.0869. The molecule has 1 radical (unpaired) electrons. The number of rotatable bonds is 16. The van der Waals surface area contributed by atoms with Crippen LogP contribution >= 0.6 is 0 Å². The monoisotopic (exact) mass is 1160 g/mol. The molecule has 0 saturated carbocycles. The Balaban J connectivity index is 0.000000740. The van der Waals surface area contributed by atoms with Crippen LogP contribution in [-0.2, 0) is 16.8 Å². The van der Waals surface area contributed by atoms with Gasteiger partial charge >= 0.3 is 0 Å². The molecule has 0 atom stereocenters. The zero-order valence-electron chi connectivity index (χ0n) is 50.7. The topological polar surface area (TPSA) is 196 Å². The molecule has 2 aliphatic heterocycles. The van der Waals surface area contributed by atoms with E-state index >= 15 is 0 Å². The van der Waals surface area contributed by atoms with Crippen molar-refractivity contribution < 1.29 is 35.7 Å². The first kappa shape index (κ1) is 61.4. The Kier molecular flexibility index (Phi) is 19.8. The van der Waals surface area contributed by atoms with Crippen LogP contribution in [0.4, 0.5) is 0 Å². The van der Waals surface area contributed by atoms with Crippen molar-refractivity contribution >= 4 is 44.1 Å². The fourth-order valence-corrected chi connectivity index (χ4v) is 11.3. The molecule has 8 bridgehead atoms. The maximum absolute atomic E-state index is 7.00. The molecule has 7 heterocycles. The molecule has 0 aliphatic carbocycles. The van der Waals surface area contributed by atoms with E-state index in [1.807, 2.05) is 72.8 Å². The molecule has 0 spiro atoms. The van der Waals surface area contributed by atoms with Gasteiger partial charge in [0.15, 0.2) is 0 Å². The van der Waals surface area contributed by atoms with Gasteiger partial charge in [-0.3, -0.25) is 0 Å². The van der Waals surface area contributed by atoms with Gasteiger partial charge in [-0.1, -0.05) is 197 Å². The first-order chi connectivity index (χ1) is 39.3. The molecular formula is C66H78CoN12O4-4. The van der Waals surface area contributed by atoms with Crippen LogP contribution in [-0.4, -0.2) is 64.3 Å². The zero-order valence-corrected chi connectivity index (χ0v) is 51.7. The van der Waals surface area contributed by atoms with Crippen LogP contribution in [0.5, 0.6) is 23.0 Å². The SMILES string of the molecule is CC(C)C(Oc1cccc2c1-c1nc-2nc2[n-]c(nc3nc(nc4[n-]c(n1)c1cccc(OC(C(C)C)C(C)C)c41)-c1cccc(OC(C(C)C)C(C)C)c1-3)c1c(OC(C(C)C)C(C)C)cccc21)C(C)C.[Co].c1c[n-]cn1.c1c[n-]cn1. The van der Waals surface area contributed by atoms with E-state index < -0.39 is 0 Å². The predicted molar refractivity (Wildman–Crippen MR) is 325 cm³/mol. The van der Waals surface area contributed by atoms with Crippen molar-refractivity contribution in [3.63, 3.8) is 0 Å². The molecule has 0 amide bonds. The van der Waals surface area contributed by atoms with Crippen LogP contribution < -0.4 is 38.9 Å². The normalized spacial score (nSPS) is 12.1. The Labute approximate surface area is 498 Å². The summed E-state index contributed by atoms with van der Waals surface area (Å²) >= 11 is 0. The van der Waals surface area contributed by atoms with E-state index in [2.05, 4.69) is 131 Å². The van der Waals surface area contributed by atoms with Gasteiger partial charge in [-0.15, -0.1) is 0 Å². The number of hydrogen-bond acceptors (Lipinski definition) is 12. The van der Waals surface area contributed by atoms with Gasteiger partial charge in [-0.25, -0.2) is 9.97 Å². The summed E-state index contributed by atoms with van der Waals surface area (Å²) in [4.78, 5) is 57.2. The van der Waals surface area contributed by atoms with Crippen molar-refractivity contribution in [3.05, 3.63) is 110 Å². The van der Waals surface area contributed by atoms with Crippen molar-refractivity contribution in [3.8, 4) is 68.5 Å². The summed E-state index contributed by atoms with van der Waals surface area (Å²) in [6.07, 6.45) is 9.22. The third-order valence-corrected chi connectivity index (χ3v) is 14.7. The minimum Gasteiger partial charge on any atom is -0.489 e.